The van der Waals surface area contributed by atoms with Gasteiger partial charge in [-0.25, -0.2) is 4.39 Å². The fourth-order valence-corrected chi connectivity index (χ4v) is 2.64. The Bertz CT molecular complexity index is 737. The van der Waals surface area contributed by atoms with Crippen molar-refractivity contribution in [3.8, 4) is 0 Å². The molecule has 1 unspecified atom stereocenters. The predicted octanol–water partition coefficient (Wildman–Crippen LogP) is 3.60. The minimum atomic E-state index is -1.56. The Balaban J connectivity index is 2.04. The van der Waals surface area contributed by atoms with Crippen LogP contribution in [0.25, 0.3) is 10.9 Å². The van der Waals surface area contributed by atoms with Crippen LogP contribution in [0.2, 0.25) is 0 Å². The molecule has 2 N–H and O–H groups in total. The summed E-state index contributed by atoms with van der Waals surface area (Å²) in [4.78, 5) is 4.32. The molecule has 0 amide bonds. The zero-order valence-corrected chi connectivity index (χ0v) is 11.7. The number of alkyl halides is 1. The third-order valence-corrected chi connectivity index (χ3v) is 3.82. The molecule has 0 bridgehead atoms. The van der Waals surface area contributed by atoms with Gasteiger partial charge in [-0.3, -0.25) is 4.98 Å². The smallest absolute Gasteiger partial charge is 0.152 e. The Hall–Kier alpha value is -2.26. The van der Waals surface area contributed by atoms with Crippen LogP contribution in [-0.2, 0) is 12.1 Å². The Morgan fingerprint density at radius 1 is 0.952 bits per heavy atom. The molecular formula is C18H17FN2. The zero-order chi connectivity index (χ0) is 14.7. The molecule has 0 radical (unpaired) electrons. The third-order valence-electron chi connectivity index (χ3n) is 3.82. The van der Waals surface area contributed by atoms with Gasteiger partial charge in [0.1, 0.15) is 0 Å². The maximum absolute atomic E-state index is 15.3. The molecule has 3 aromatic rings. The first-order chi connectivity index (χ1) is 10.2. The minimum absolute atomic E-state index is 0.0480. The van der Waals surface area contributed by atoms with E-state index in [4.69, 9.17) is 5.73 Å². The summed E-state index contributed by atoms with van der Waals surface area (Å²) in [5.41, 5.74) is 6.60. The van der Waals surface area contributed by atoms with Crippen LogP contribution in [0.3, 0.4) is 0 Å². The SMILES string of the molecule is NCC(F)(Cc1ccnc2ccccc12)c1ccccc1. The van der Waals surface area contributed by atoms with Gasteiger partial charge in [-0.1, -0.05) is 48.5 Å². The van der Waals surface area contributed by atoms with Crippen molar-refractivity contribution < 1.29 is 4.39 Å². The van der Waals surface area contributed by atoms with E-state index in [2.05, 4.69) is 4.98 Å². The van der Waals surface area contributed by atoms with Crippen LogP contribution < -0.4 is 5.73 Å². The molecule has 1 heterocycles. The molecule has 0 saturated carbocycles. The normalized spacial score (nSPS) is 14.0. The predicted molar refractivity (Wildman–Crippen MR) is 83.7 cm³/mol. The molecule has 0 aliphatic rings. The molecule has 0 saturated heterocycles. The summed E-state index contributed by atoms with van der Waals surface area (Å²) in [5, 5.41) is 0.978. The first-order valence-corrected chi connectivity index (χ1v) is 7.00. The van der Waals surface area contributed by atoms with E-state index in [0.717, 1.165) is 16.5 Å². The molecule has 0 aliphatic carbocycles. The number of rotatable bonds is 4. The van der Waals surface area contributed by atoms with Gasteiger partial charge in [-0.2, -0.15) is 0 Å². The van der Waals surface area contributed by atoms with Gasteiger partial charge in [0, 0.05) is 24.5 Å². The molecule has 3 heteroatoms. The summed E-state index contributed by atoms with van der Waals surface area (Å²) in [6, 6.07) is 18.8. The second-order valence-electron chi connectivity index (χ2n) is 5.20. The molecular weight excluding hydrogens is 263 g/mol. The maximum Gasteiger partial charge on any atom is 0.152 e. The van der Waals surface area contributed by atoms with Crippen LogP contribution in [0, 0.1) is 0 Å². The van der Waals surface area contributed by atoms with Crippen molar-refractivity contribution in [1.29, 1.82) is 0 Å². The number of fused-ring (bicyclic) bond motifs is 1. The topological polar surface area (TPSA) is 38.9 Å². The molecule has 0 spiro atoms. The molecule has 2 nitrogen and oxygen atoms in total. The van der Waals surface area contributed by atoms with Gasteiger partial charge >= 0.3 is 0 Å². The highest BCUT2D eigenvalue weighted by Crippen LogP contribution is 2.31. The van der Waals surface area contributed by atoms with Crippen LogP contribution in [-0.4, -0.2) is 11.5 Å². The maximum atomic E-state index is 15.3. The van der Waals surface area contributed by atoms with Crippen LogP contribution in [0.1, 0.15) is 11.1 Å². The Morgan fingerprint density at radius 3 is 2.43 bits per heavy atom. The molecule has 3 rings (SSSR count). The van der Waals surface area contributed by atoms with E-state index < -0.39 is 5.67 Å². The standard InChI is InChI=1S/C18H17FN2/c19-18(13-20,15-6-2-1-3-7-15)12-14-10-11-21-17-9-5-4-8-16(14)17/h1-11H,12-13,20H2. The van der Waals surface area contributed by atoms with E-state index in [0.29, 0.717) is 5.56 Å². The molecule has 2 aromatic carbocycles. The second-order valence-corrected chi connectivity index (χ2v) is 5.20. The monoisotopic (exact) mass is 280 g/mol. The van der Waals surface area contributed by atoms with Crippen LogP contribution in [0.5, 0.6) is 0 Å². The van der Waals surface area contributed by atoms with Crippen molar-refractivity contribution in [2.75, 3.05) is 6.54 Å². The highest BCUT2D eigenvalue weighted by Gasteiger charge is 2.31. The second kappa shape index (κ2) is 5.62. The number of halogens is 1. The summed E-state index contributed by atoms with van der Waals surface area (Å²) in [6.45, 7) is -0.0480. The van der Waals surface area contributed by atoms with Crippen molar-refractivity contribution in [2.45, 2.75) is 12.1 Å². The van der Waals surface area contributed by atoms with Gasteiger partial charge in [0.05, 0.1) is 5.52 Å². The van der Waals surface area contributed by atoms with Gasteiger partial charge in [-0.15, -0.1) is 0 Å². The number of aromatic nitrogens is 1. The Kier molecular flexibility index (Phi) is 3.67. The van der Waals surface area contributed by atoms with E-state index in [-0.39, 0.29) is 13.0 Å². The number of pyridine rings is 1. The fraction of sp³-hybridized carbons (Fsp3) is 0.167. The molecule has 106 valence electrons. The van der Waals surface area contributed by atoms with Gasteiger partial charge in [0.2, 0.25) is 0 Å². The summed E-state index contributed by atoms with van der Waals surface area (Å²) in [5.74, 6) is 0. The lowest BCUT2D eigenvalue weighted by atomic mass is 9.88. The van der Waals surface area contributed by atoms with E-state index in [1.807, 2.05) is 48.5 Å². The van der Waals surface area contributed by atoms with Crippen molar-refractivity contribution in [3.05, 3.63) is 78.0 Å². The van der Waals surface area contributed by atoms with Crippen molar-refractivity contribution in [2.24, 2.45) is 5.73 Å². The Labute approximate surface area is 123 Å². The number of hydrogen-bond donors (Lipinski definition) is 1. The average molecular weight is 280 g/mol. The van der Waals surface area contributed by atoms with E-state index >= 15 is 4.39 Å². The molecule has 1 aromatic heterocycles. The fourth-order valence-electron chi connectivity index (χ4n) is 2.64. The van der Waals surface area contributed by atoms with E-state index in [1.54, 1.807) is 18.3 Å². The van der Waals surface area contributed by atoms with E-state index in [9.17, 15) is 0 Å². The van der Waals surface area contributed by atoms with Crippen molar-refractivity contribution in [1.82, 2.24) is 4.98 Å². The van der Waals surface area contributed by atoms with Crippen LogP contribution >= 0.6 is 0 Å². The molecule has 1 atom stereocenters. The highest BCUT2D eigenvalue weighted by molar-refractivity contribution is 5.81. The summed E-state index contributed by atoms with van der Waals surface area (Å²) >= 11 is 0. The summed E-state index contributed by atoms with van der Waals surface area (Å²) in [6.07, 6.45) is 1.97. The number of nitrogens with two attached hydrogens (primary N) is 1. The quantitative estimate of drug-likeness (QED) is 0.793. The first kappa shape index (κ1) is 13.7. The van der Waals surface area contributed by atoms with Gasteiger partial charge < -0.3 is 5.73 Å². The number of para-hydroxylation sites is 1. The Morgan fingerprint density at radius 2 is 1.67 bits per heavy atom. The lowest BCUT2D eigenvalue weighted by Gasteiger charge is -2.25. The van der Waals surface area contributed by atoms with Gasteiger partial charge in [0.25, 0.3) is 0 Å². The highest BCUT2D eigenvalue weighted by atomic mass is 19.1. The minimum Gasteiger partial charge on any atom is -0.327 e. The lowest BCUT2D eigenvalue weighted by Crippen LogP contribution is -2.32. The van der Waals surface area contributed by atoms with Gasteiger partial charge in [0.15, 0.2) is 5.67 Å². The summed E-state index contributed by atoms with van der Waals surface area (Å²) < 4.78 is 15.3. The average Bonchev–Trinajstić information content (AvgIpc) is 2.56. The molecule has 21 heavy (non-hydrogen) atoms. The summed E-state index contributed by atoms with van der Waals surface area (Å²) in [7, 11) is 0. The van der Waals surface area contributed by atoms with Crippen molar-refractivity contribution in [3.63, 3.8) is 0 Å². The van der Waals surface area contributed by atoms with Gasteiger partial charge in [-0.05, 0) is 23.3 Å². The van der Waals surface area contributed by atoms with Crippen molar-refractivity contribution >= 4 is 10.9 Å². The zero-order valence-electron chi connectivity index (χ0n) is 11.7. The number of benzene rings is 2. The van der Waals surface area contributed by atoms with Crippen LogP contribution in [0.15, 0.2) is 66.9 Å². The number of hydrogen-bond acceptors (Lipinski definition) is 2. The number of nitrogens with zero attached hydrogens (tertiary/aromatic N) is 1. The van der Waals surface area contributed by atoms with E-state index in [1.165, 1.54) is 0 Å². The lowest BCUT2D eigenvalue weighted by molar-refractivity contribution is 0.176. The van der Waals surface area contributed by atoms with Crippen LogP contribution in [0.4, 0.5) is 4.39 Å². The molecule has 0 fully saturated rings. The first-order valence-electron chi connectivity index (χ1n) is 7.00. The molecule has 0 aliphatic heterocycles. The third kappa shape index (κ3) is 2.65. The largest absolute Gasteiger partial charge is 0.327 e.